The van der Waals surface area contributed by atoms with Crippen LogP contribution in [0.25, 0.3) is 22.8 Å². The molecule has 0 saturated heterocycles. The normalized spacial score (nSPS) is 14.8. The van der Waals surface area contributed by atoms with E-state index in [4.69, 9.17) is 0 Å². The summed E-state index contributed by atoms with van der Waals surface area (Å²) in [6, 6.07) is 10.7. The van der Waals surface area contributed by atoms with Gasteiger partial charge in [0.15, 0.2) is 0 Å². The molecule has 0 unspecified atom stereocenters. The molecule has 2 saturated carbocycles. The third-order valence-electron chi connectivity index (χ3n) is 9.55. The number of unbranched alkanes of at least 4 members (excludes halogenated alkanes) is 2. The molecule has 2 aromatic heterocycles. The Morgan fingerprint density at radius 1 is 0.719 bits per heavy atom. The van der Waals surface area contributed by atoms with Gasteiger partial charge in [-0.25, -0.2) is 26.3 Å². The average molecular weight is 898 g/mol. The van der Waals surface area contributed by atoms with Crippen LogP contribution in [-0.2, 0) is 26.6 Å². The van der Waals surface area contributed by atoms with Gasteiger partial charge < -0.3 is 10.6 Å². The van der Waals surface area contributed by atoms with Gasteiger partial charge >= 0.3 is 0 Å². The number of rotatable bonds is 15. The predicted octanol–water partition coefficient (Wildman–Crippen LogP) is 7.77. The molecule has 57 heavy (non-hydrogen) atoms. The minimum Gasteiger partial charge on any atom is -0.382 e. The quantitative estimate of drug-likeness (QED) is 0.0724. The van der Waals surface area contributed by atoms with E-state index >= 15 is 0 Å². The van der Waals surface area contributed by atoms with Crippen LogP contribution in [0.2, 0.25) is 0 Å². The number of nitrogens with one attached hydrogen (secondary N) is 5. The van der Waals surface area contributed by atoms with Gasteiger partial charge in [-0.2, -0.15) is 10.0 Å². The van der Waals surface area contributed by atoms with E-state index in [1.807, 2.05) is 0 Å². The van der Waals surface area contributed by atoms with Gasteiger partial charge in [-0.1, -0.05) is 96.0 Å². The second-order valence-corrected chi connectivity index (χ2v) is 18.2. The number of aryl methyl sites for hydroxylation is 1. The molecule has 2 aromatic carbocycles. The lowest BCUT2D eigenvalue weighted by Crippen LogP contribution is -2.23. The van der Waals surface area contributed by atoms with Gasteiger partial charge in [0, 0.05) is 39.9 Å². The Balaban J connectivity index is 0.000000344. The van der Waals surface area contributed by atoms with Gasteiger partial charge in [0.05, 0.1) is 16.3 Å². The van der Waals surface area contributed by atoms with Gasteiger partial charge in [-0.05, 0) is 99.4 Å². The number of halogens is 1. The van der Waals surface area contributed by atoms with Crippen LogP contribution in [0.3, 0.4) is 0 Å². The molecular formula is C38H65BrN12O4S2. The van der Waals surface area contributed by atoms with Crippen LogP contribution in [-0.4, -0.2) is 89.2 Å². The van der Waals surface area contributed by atoms with E-state index in [9.17, 15) is 16.8 Å². The largest absolute Gasteiger partial charge is 0.382 e. The van der Waals surface area contributed by atoms with E-state index in [0.717, 1.165) is 55.2 Å². The maximum Gasteiger partial charge on any atom is 0.240 e. The number of tetrazole rings is 2. The van der Waals surface area contributed by atoms with E-state index in [0.29, 0.717) is 41.4 Å². The molecule has 2 heterocycles. The van der Waals surface area contributed by atoms with Crippen LogP contribution < -0.4 is 20.1 Å². The van der Waals surface area contributed by atoms with Gasteiger partial charge in [0.25, 0.3) is 0 Å². The Kier molecular flexibility index (Phi) is 21.8. The number of aromatic nitrogens is 8. The molecule has 320 valence electrons. The maximum absolute atomic E-state index is 12.2. The smallest absolute Gasteiger partial charge is 0.240 e. The summed E-state index contributed by atoms with van der Waals surface area (Å²) in [5, 5.41) is 34.9. The zero-order valence-corrected chi connectivity index (χ0v) is 35.6. The van der Waals surface area contributed by atoms with Crippen LogP contribution in [0, 0.1) is 0 Å². The highest BCUT2D eigenvalue weighted by molar-refractivity contribution is 9.09. The predicted molar refractivity (Wildman–Crippen MR) is 233 cm³/mol. The van der Waals surface area contributed by atoms with E-state index in [1.165, 1.54) is 65.5 Å². The summed E-state index contributed by atoms with van der Waals surface area (Å²) >= 11 is 3.31. The first-order chi connectivity index (χ1) is 26.5. The highest BCUT2D eigenvalue weighted by Gasteiger charge is 2.22. The lowest BCUT2D eigenvalue weighted by Gasteiger charge is -2.25. The van der Waals surface area contributed by atoms with Crippen LogP contribution in [0.15, 0.2) is 46.2 Å². The summed E-state index contributed by atoms with van der Waals surface area (Å²) in [5.41, 5.74) is 2.97. The molecule has 0 atom stereocenters. The zero-order chi connectivity index (χ0) is 39.7. The fourth-order valence-corrected chi connectivity index (χ4v) is 8.40. The maximum atomic E-state index is 12.2. The highest BCUT2D eigenvalue weighted by atomic mass is 79.9. The first kappa shape index (κ1) is 49.6. The van der Waals surface area contributed by atoms with Crippen molar-refractivity contribution >= 4 is 47.4 Å². The Hall–Kier alpha value is -3.52. The summed E-state index contributed by atoms with van der Waals surface area (Å²) in [4.78, 5) is 1.94. The minimum atomic E-state index is -3.55. The molecule has 5 N–H and O–H groups in total. The lowest BCUT2D eigenvalue weighted by atomic mass is 9.95. The number of anilines is 2. The summed E-state index contributed by atoms with van der Waals surface area (Å²) in [6.07, 6.45) is 16.5. The van der Waals surface area contributed by atoms with Crippen LogP contribution in [0.4, 0.5) is 11.4 Å². The summed E-state index contributed by atoms with van der Waals surface area (Å²) in [6.45, 7) is 4.99. The van der Waals surface area contributed by atoms with Crippen molar-refractivity contribution in [1.29, 1.82) is 0 Å². The number of benzene rings is 2. The number of alkyl halides is 1. The van der Waals surface area contributed by atoms with Crippen LogP contribution in [0.1, 0.15) is 119 Å². The summed E-state index contributed by atoms with van der Waals surface area (Å²) in [5.74, 6) is 0.814. The topological polar surface area (TPSA) is 214 Å². The second kappa shape index (κ2) is 25.1. The van der Waals surface area contributed by atoms with E-state index in [-0.39, 0.29) is 24.6 Å². The van der Waals surface area contributed by atoms with Crippen molar-refractivity contribution in [3.63, 3.8) is 0 Å². The monoisotopic (exact) mass is 896 g/mol. The highest BCUT2D eigenvalue weighted by Crippen LogP contribution is 2.32. The number of aromatic amines is 1. The van der Waals surface area contributed by atoms with Crippen LogP contribution >= 0.6 is 15.9 Å². The van der Waals surface area contributed by atoms with Crippen molar-refractivity contribution in [1.82, 2.24) is 50.3 Å². The van der Waals surface area contributed by atoms with E-state index in [2.05, 4.69) is 85.9 Å². The molecule has 16 nitrogen and oxygen atoms in total. The first-order valence-corrected chi connectivity index (χ1v) is 23.4. The number of H-pyrrole nitrogens is 1. The molecule has 0 spiro atoms. The Bertz CT molecular complexity index is 1950. The Morgan fingerprint density at radius 3 is 1.61 bits per heavy atom. The number of hydrogen-bond donors (Lipinski definition) is 5. The van der Waals surface area contributed by atoms with Crippen molar-refractivity contribution < 1.29 is 16.8 Å². The SMILES string of the molecule is C.C.CCCCBr.CCCCn1nnc(-c2cc(S(=O)(=O)NC)ccc2NC2CCCCC2)n1.CNS(=O)(=O)c1ccc(NC2CCCCC2)c(-c2nn[nH]n2)c1. The molecule has 6 rings (SSSR count). The van der Waals surface area contributed by atoms with Gasteiger partial charge in [0.1, 0.15) is 0 Å². The van der Waals surface area contributed by atoms with Crippen LogP contribution in [0.5, 0.6) is 0 Å². The molecular weight excluding hydrogens is 833 g/mol. The fraction of sp³-hybridized carbons (Fsp3) is 0.632. The fourth-order valence-electron chi connectivity index (χ4n) is 6.33. The van der Waals surface area contributed by atoms with Gasteiger partial charge in [-0.15, -0.1) is 20.4 Å². The van der Waals surface area contributed by atoms with Crippen molar-refractivity contribution in [2.45, 2.75) is 147 Å². The molecule has 2 aliphatic carbocycles. The summed E-state index contributed by atoms with van der Waals surface area (Å²) in [7, 11) is -4.28. The van der Waals surface area contributed by atoms with Crippen molar-refractivity contribution in [3.8, 4) is 22.8 Å². The standard InChI is InChI=1S/C18H28N6O2S.C14H20N6O2S.C4H9Br.2CH4/c1-3-4-12-24-22-18(21-23-24)16-13-15(27(25,26)19-2)10-11-17(16)20-14-8-6-5-7-9-14;1-15-23(21,22)11-7-8-13(16-10-5-3-2-4-6-10)12(9-11)14-17-19-20-18-14;1-2-3-4-5;;/h10-11,13-14,19-20H,3-9,12H2,1-2H3;7-10,15-16H,2-6H2,1H3,(H,17,18,19,20);2-4H2,1H3;2*1H4. The molecule has 2 fully saturated rings. The Morgan fingerprint density at radius 2 is 1.21 bits per heavy atom. The van der Waals surface area contributed by atoms with Crippen molar-refractivity contribution in [2.75, 3.05) is 30.1 Å². The zero-order valence-electron chi connectivity index (χ0n) is 32.4. The second-order valence-electron chi connectivity index (χ2n) is 13.6. The van der Waals surface area contributed by atoms with E-state index < -0.39 is 20.0 Å². The molecule has 0 amide bonds. The molecule has 0 aliphatic heterocycles. The van der Waals surface area contributed by atoms with Gasteiger partial charge in [-0.3, -0.25) is 0 Å². The molecule has 0 bridgehead atoms. The molecule has 4 aromatic rings. The Labute approximate surface area is 349 Å². The van der Waals surface area contributed by atoms with Crippen molar-refractivity contribution in [2.24, 2.45) is 0 Å². The molecule has 0 radical (unpaired) electrons. The number of nitrogens with zero attached hydrogens (tertiary/aromatic N) is 7. The third-order valence-corrected chi connectivity index (χ3v) is 12.9. The molecule has 19 heteroatoms. The lowest BCUT2D eigenvalue weighted by molar-refractivity contribution is 0.463. The van der Waals surface area contributed by atoms with E-state index in [1.54, 1.807) is 41.2 Å². The summed E-state index contributed by atoms with van der Waals surface area (Å²) < 4.78 is 53.2. The minimum absolute atomic E-state index is 0. The third kappa shape index (κ3) is 15.0. The number of hydrogen-bond acceptors (Lipinski definition) is 12. The van der Waals surface area contributed by atoms with Gasteiger partial charge in [0.2, 0.25) is 31.7 Å². The average Bonchev–Trinajstić information content (AvgIpc) is 3.92. The van der Waals surface area contributed by atoms with Crippen molar-refractivity contribution in [3.05, 3.63) is 36.4 Å². The number of sulfonamides is 2. The molecule has 2 aliphatic rings. The first-order valence-electron chi connectivity index (χ1n) is 19.3.